The first-order chi connectivity index (χ1) is 20.7. The fraction of sp³-hybridized carbons (Fsp3) is 0.393. The fourth-order valence-corrected chi connectivity index (χ4v) is 6.80. The van der Waals surface area contributed by atoms with Gasteiger partial charge in [-0.3, -0.25) is 19.9 Å². The van der Waals surface area contributed by atoms with E-state index in [9.17, 15) is 28.4 Å². The molecule has 1 aromatic heterocycles. The molecule has 16 heteroatoms. The van der Waals surface area contributed by atoms with Crippen molar-refractivity contribution in [1.29, 1.82) is 0 Å². The fourth-order valence-electron chi connectivity index (χ4n) is 4.63. The number of amides is 1. The number of nitrogens with two attached hydrogens (primary N) is 2. The number of aliphatic hydroxyl groups is 1. The Hall–Kier alpha value is -4.12. The second-order valence-electron chi connectivity index (χ2n) is 10.2. The molecule has 44 heavy (non-hydrogen) atoms. The van der Waals surface area contributed by atoms with Gasteiger partial charge in [-0.15, -0.1) is 11.3 Å². The number of ether oxygens (including phenoxy) is 1. The van der Waals surface area contributed by atoms with E-state index in [1.54, 1.807) is 32.2 Å². The first kappa shape index (κ1) is 34.4. The van der Waals surface area contributed by atoms with Crippen LogP contribution >= 0.6 is 11.3 Å². The molecule has 7 N–H and O–H groups in total. The van der Waals surface area contributed by atoms with E-state index in [2.05, 4.69) is 20.0 Å². The second-order valence-corrected chi connectivity index (χ2v) is 12.7. The highest BCUT2D eigenvalue weighted by Gasteiger charge is 2.27. The molecule has 0 saturated carbocycles. The molecule has 0 bridgehead atoms. The zero-order chi connectivity index (χ0) is 32.6. The molecule has 1 unspecified atom stereocenters. The van der Waals surface area contributed by atoms with Crippen molar-refractivity contribution in [3.8, 4) is 5.75 Å². The summed E-state index contributed by atoms with van der Waals surface area (Å²) in [5.74, 6) is -0.252. The van der Waals surface area contributed by atoms with Gasteiger partial charge in [0.05, 0.1) is 29.0 Å². The molecule has 0 aliphatic rings. The van der Waals surface area contributed by atoms with Gasteiger partial charge in [-0.2, -0.15) is 0 Å². The van der Waals surface area contributed by atoms with Gasteiger partial charge in [0.2, 0.25) is 11.9 Å². The summed E-state index contributed by atoms with van der Waals surface area (Å²) in [4.78, 5) is 31.7. The van der Waals surface area contributed by atoms with Crippen molar-refractivity contribution in [3.05, 3.63) is 79.3 Å². The first-order valence-corrected chi connectivity index (χ1v) is 16.0. The number of carbonyl (C=O) groups excluding carboxylic acids is 1. The summed E-state index contributed by atoms with van der Waals surface area (Å²) in [6, 6.07) is 5.61. The lowest BCUT2D eigenvalue weighted by Gasteiger charge is -2.24. The van der Waals surface area contributed by atoms with Crippen LogP contribution in [-0.2, 0) is 21.2 Å². The average molecular weight is 648 g/mol. The number of rotatable bonds is 14. The summed E-state index contributed by atoms with van der Waals surface area (Å²) in [5, 5.41) is 26.7. The number of aliphatic hydroxyl groups excluding tert-OH is 1. The Labute approximate surface area is 259 Å². The molecule has 1 amide bonds. The van der Waals surface area contributed by atoms with Crippen molar-refractivity contribution in [2.24, 2.45) is 16.5 Å². The predicted octanol–water partition coefficient (Wildman–Crippen LogP) is 2.15. The molecule has 238 valence electrons. The number of nitrogens with one attached hydrogen (secondary N) is 2. The van der Waals surface area contributed by atoms with Crippen molar-refractivity contribution in [1.82, 2.24) is 15.0 Å². The van der Waals surface area contributed by atoms with Gasteiger partial charge in [0.1, 0.15) is 16.9 Å². The minimum Gasteiger partial charge on any atom is -0.496 e. The van der Waals surface area contributed by atoms with Gasteiger partial charge >= 0.3 is 0 Å². The van der Waals surface area contributed by atoms with Crippen molar-refractivity contribution < 1.29 is 28.0 Å². The predicted molar refractivity (Wildman–Crippen MR) is 167 cm³/mol. The number of sulfonamides is 1. The largest absolute Gasteiger partial charge is 0.496 e. The second kappa shape index (κ2) is 15.1. The Morgan fingerprint density at radius 2 is 1.91 bits per heavy atom. The van der Waals surface area contributed by atoms with Gasteiger partial charge in [0.25, 0.3) is 15.7 Å². The number of thiazole rings is 1. The molecular formula is C28H37N7O7S2. The summed E-state index contributed by atoms with van der Waals surface area (Å²) in [5.41, 5.74) is 14.3. The number of aryl methyl sites for hydroxylation is 1. The van der Waals surface area contributed by atoms with E-state index in [0.29, 0.717) is 39.4 Å². The number of carbonyl (C=O) groups is 1. The van der Waals surface area contributed by atoms with Crippen LogP contribution in [0.1, 0.15) is 46.2 Å². The number of nitro benzene ring substituents is 1. The van der Waals surface area contributed by atoms with Gasteiger partial charge in [0, 0.05) is 30.3 Å². The highest BCUT2D eigenvalue weighted by molar-refractivity contribution is 7.90. The maximum absolute atomic E-state index is 13.1. The quantitative estimate of drug-likeness (QED) is 0.0563. The van der Waals surface area contributed by atoms with Crippen LogP contribution in [0, 0.1) is 30.9 Å². The molecule has 0 saturated heterocycles. The number of aromatic nitrogens is 1. The maximum Gasteiger partial charge on any atom is 0.269 e. The van der Waals surface area contributed by atoms with Crippen LogP contribution in [0.25, 0.3) is 0 Å². The number of nitro groups is 1. The standard InChI is InChI=1S/C28H37N7O7S2/c1-16-14-23(42-4)17(2)18(3)25(16)44(40,41)34-28(30)32-11-5-6-22(24(36)27-31-12-13-43-27)33-26(37)21(29)15-19-7-9-20(10-8-19)35(38)39/h7-10,12-14,21-22,24,36H,5-6,11,15,29H2,1-4H3,(H,33,37)(H3,30,32,34)/t21-,22-,24?/m0/s1. The van der Waals surface area contributed by atoms with Crippen molar-refractivity contribution in [2.75, 3.05) is 13.7 Å². The average Bonchev–Trinajstić information content (AvgIpc) is 3.51. The van der Waals surface area contributed by atoms with E-state index >= 15 is 0 Å². The molecule has 3 atom stereocenters. The van der Waals surface area contributed by atoms with Crippen molar-refractivity contribution in [2.45, 2.75) is 63.1 Å². The highest BCUT2D eigenvalue weighted by Crippen LogP contribution is 2.30. The van der Waals surface area contributed by atoms with E-state index in [0.717, 1.165) is 0 Å². The lowest BCUT2D eigenvalue weighted by atomic mass is 10.0. The number of hydrogen-bond acceptors (Lipinski definition) is 11. The Morgan fingerprint density at radius 3 is 2.50 bits per heavy atom. The minimum atomic E-state index is -4.04. The number of aliphatic imine (C=N–C) groups is 1. The van der Waals surface area contributed by atoms with Crippen molar-refractivity contribution >= 4 is 38.9 Å². The van der Waals surface area contributed by atoms with Gasteiger partial charge in [-0.1, -0.05) is 12.1 Å². The topological polar surface area (TPSA) is 225 Å². The molecule has 3 rings (SSSR count). The van der Waals surface area contributed by atoms with Crippen LogP contribution in [-0.4, -0.2) is 61.0 Å². The van der Waals surface area contributed by atoms with Gasteiger partial charge in [0.15, 0.2) is 0 Å². The SMILES string of the molecule is COc1cc(C)c(S(=O)(=O)NC(N)=NCCC[C@H](NC(=O)[C@@H](N)Cc2ccc([N+](=O)[O-])cc2)C(O)c2nccs2)c(C)c1C. The summed E-state index contributed by atoms with van der Waals surface area (Å²) in [7, 11) is -2.52. The summed E-state index contributed by atoms with van der Waals surface area (Å²) < 4.78 is 33.9. The maximum atomic E-state index is 13.1. The molecule has 3 aromatic rings. The van der Waals surface area contributed by atoms with E-state index in [-0.39, 0.29) is 35.9 Å². The van der Waals surface area contributed by atoms with Gasteiger partial charge in [-0.05, 0) is 68.4 Å². The summed E-state index contributed by atoms with van der Waals surface area (Å²) >= 11 is 1.22. The highest BCUT2D eigenvalue weighted by atomic mass is 32.2. The van der Waals surface area contributed by atoms with Crippen molar-refractivity contribution in [3.63, 3.8) is 0 Å². The Kier molecular flexibility index (Phi) is 11.8. The summed E-state index contributed by atoms with van der Waals surface area (Å²) in [6.45, 7) is 5.21. The number of guanidine groups is 1. The normalized spacial score (nSPS) is 14.0. The molecule has 14 nitrogen and oxygen atoms in total. The molecule has 1 heterocycles. The minimum absolute atomic E-state index is 0.0736. The molecule has 0 fully saturated rings. The number of benzene rings is 2. The monoisotopic (exact) mass is 647 g/mol. The van der Waals surface area contributed by atoms with E-state index in [1.165, 1.54) is 48.9 Å². The Morgan fingerprint density at radius 1 is 1.23 bits per heavy atom. The zero-order valence-electron chi connectivity index (χ0n) is 24.8. The summed E-state index contributed by atoms with van der Waals surface area (Å²) in [6.07, 6.45) is 1.10. The third kappa shape index (κ3) is 8.72. The van der Waals surface area contributed by atoms with E-state index < -0.39 is 39.0 Å². The van der Waals surface area contributed by atoms with Crippen LogP contribution in [0.5, 0.6) is 5.75 Å². The molecular weight excluding hydrogens is 610 g/mol. The zero-order valence-corrected chi connectivity index (χ0v) is 26.4. The molecule has 0 aliphatic carbocycles. The van der Waals surface area contributed by atoms with Crippen LogP contribution < -0.4 is 26.2 Å². The van der Waals surface area contributed by atoms with Crippen LogP contribution in [0.3, 0.4) is 0 Å². The van der Waals surface area contributed by atoms with Crippen LogP contribution in [0.15, 0.2) is 51.8 Å². The number of hydrogen-bond donors (Lipinski definition) is 5. The van der Waals surface area contributed by atoms with Crippen LogP contribution in [0.2, 0.25) is 0 Å². The number of nitrogens with zero attached hydrogens (tertiary/aromatic N) is 3. The molecule has 0 radical (unpaired) electrons. The number of non-ortho nitro benzene ring substituents is 1. The smallest absolute Gasteiger partial charge is 0.269 e. The van der Waals surface area contributed by atoms with E-state index in [1.807, 2.05) is 0 Å². The molecule has 2 aromatic carbocycles. The third-order valence-corrected chi connectivity index (χ3v) is 9.50. The Bertz CT molecular complexity index is 1600. The lowest BCUT2D eigenvalue weighted by Crippen LogP contribution is -2.48. The van der Waals surface area contributed by atoms with Gasteiger partial charge in [-0.25, -0.2) is 18.1 Å². The molecule has 0 spiro atoms. The number of methoxy groups -OCH3 is 1. The molecule has 0 aliphatic heterocycles. The first-order valence-electron chi connectivity index (χ1n) is 13.6. The Balaban J connectivity index is 1.65. The van der Waals surface area contributed by atoms with Crippen LogP contribution in [0.4, 0.5) is 5.69 Å². The van der Waals surface area contributed by atoms with Gasteiger partial charge < -0.3 is 26.6 Å². The van der Waals surface area contributed by atoms with E-state index in [4.69, 9.17) is 16.2 Å². The lowest BCUT2D eigenvalue weighted by molar-refractivity contribution is -0.384. The third-order valence-electron chi connectivity index (χ3n) is 7.01.